The Labute approximate surface area is 160 Å². The lowest BCUT2D eigenvalue weighted by Gasteiger charge is -2.31. The number of nitrogens with zero attached hydrogens (tertiary/aromatic N) is 2. The molecule has 1 aliphatic heterocycles. The molecule has 3 nitrogen and oxygen atoms in total. The fourth-order valence-electron chi connectivity index (χ4n) is 3.21. The number of hydrogen-bond donors (Lipinski definition) is 0. The Bertz CT molecular complexity index is 958. The Morgan fingerprint density at radius 3 is 2.22 bits per heavy atom. The Morgan fingerprint density at radius 1 is 0.852 bits per heavy atom. The van der Waals surface area contributed by atoms with Gasteiger partial charge in [0.25, 0.3) is 0 Å². The molecule has 1 aliphatic rings. The second-order valence-electron chi connectivity index (χ2n) is 6.61. The molecule has 3 heteroatoms. The van der Waals surface area contributed by atoms with Crippen LogP contribution in [0.4, 0.5) is 5.69 Å². The molecule has 3 aromatic rings. The van der Waals surface area contributed by atoms with Gasteiger partial charge < -0.3 is 4.74 Å². The first kappa shape index (κ1) is 17.1. The van der Waals surface area contributed by atoms with Crippen LogP contribution in [0.3, 0.4) is 0 Å². The molecule has 0 saturated carbocycles. The maximum atomic E-state index is 5.26. The number of methoxy groups -OCH3 is 1. The van der Waals surface area contributed by atoms with E-state index in [4.69, 9.17) is 9.84 Å². The van der Waals surface area contributed by atoms with Crippen molar-refractivity contribution in [2.24, 2.45) is 5.10 Å². The molecule has 0 amide bonds. The van der Waals surface area contributed by atoms with Crippen LogP contribution >= 0.6 is 0 Å². The van der Waals surface area contributed by atoms with E-state index in [0.29, 0.717) is 0 Å². The summed E-state index contributed by atoms with van der Waals surface area (Å²) in [5, 5.41) is 7.08. The van der Waals surface area contributed by atoms with Crippen LogP contribution in [0.15, 0.2) is 96.1 Å². The van der Waals surface area contributed by atoms with Gasteiger partial charge in [0.1, 0.15) is 5.75 Å². The van der Waals surface area contributed by atoms with Crippen molar-refractivity contribution in [1.29, 1.82) is 0 Å². The summed E-state index contributed by atoms with van der Waals surface area (Å²) in [6.45, 7) is 2.10. The van der Waals surface area contributed by atoms with E-state index in [2.05, 4.69) is 72.6 Å². The average Bonchev–Trinajstić information content (AvgIpc) is 2.74. The Balaban J connectivity index is 1.74. The molecule has 0 spiro atoms. The average molecular weight is 354 g/mol. The topological polar surface area (TPSA) is 24.8 Å². The van der Waals surface area contributed by atoms with Gasteiger partial charge in [0.2, 0.25) is 0 Å². The van der Waals surface area contributed by atoms with Gasteiger partial charge in [-0.15, -0.1) is 0 Å². The third-order valence-corrected chi connectivity index (χ3v) is 4.74. The lowest BCUT2D eigenvalue weighted by molar-refractivity contribution is 0.415. The van der Waals surface area contributed by atoms with Crippen molar-refractivity contribution in [2.45, 2.75) is 13.0 Å². The fraction of sp³-hybridized carbons (Fsp3) is 0.125. The summed E-state index contributed by atoms with van der Waals surface area (Å²) < 4.78 is 5.26. The van der Waals surface area contributed by atoms with Crippen LogP contribution in [-0.4, -0.2) is 12.8 Å². The lowest BCUT2D eigenvalue weighted by atomic mass is 10.0. The zero-order valence-electron chi connectivity index (χ0n) is 15.5. The normalized spacial score (nSPS) is 16.1. The smallest absolute Gasteiger partial charge is 0.118 e. The molecule has 0 aromatic heterocycles. The SMILES string of the molecule is COc1ccc(C2=NN(c3ccc(C)cc3)C(c3ccccc3)C=C2)cc1. The minimum atomic E-state index is 0.0657. The zero-order valence-corrected chi connectivity index (χ0v) is 15.5. The lowest BCUT2D eigenvalue weighted by Crippen LogP contribution is -2.26. The zero-order chi connectivity index (χ0) is 18.6. The molecule has 0 N–H and O–H groups in total. The molecule has 27 heavy (non-hydrogen) atoms. The molecule has 1 unspecified atom stereocenters. The largest absolute Gasteiger partial charge is 0.497 e. The number of anilines is 1. The minimum absolute atomic E-state index is 0.0657. The van der Waals surface area contributed by atoms with Gasteiger partial charge in [0.15, 0.2) is 0 Å². The molecule has 0 bridgehead atoms. The highest BCUT2D eigenvalue weighted by molar-refractivity contribution is 6.09. The van der Waals surface area contributed by atoms with Gasteiger partial charge in [-0.1, -0.05) is 54.1 Å². The maximum absolute atomic E-state index is 5.26. The fourth-order valence-corrected chi connectivity index (χ4v) is 3.21. The van der Waals surface area contributed by atoms with Crippen molar-refractivity contribution in [3.8, 4) is 5.75 Å². The summed E-state index contributed by atoms with van der Waals surface area (Å²) in [7, 11) is 1.68. The van der Waals surface area contributed by atoms with Crippen molar-refractivity contribution in [3.05, 3.63) is 108 Å². The van der Waals surface area contributed by atoms with Crippen LogP contribution in [0.1, 0.15) is 22.7 Å². The van der Waals surface area contributed by atoms with Crippen molar-refractivity contribution in [2.75, 3.05) is 12.1 Å². The van der Waals surface area contributed by atoms with E-state index in [0.717, 1.165) is 22.7 Å². The number of benzene rings is 3. The summed E-state index contributed by atoms with van der Waals surface area (Å²) in [4.78, 5) is 0. The van der Waals surface area contributed by atoms with E-state index < -0.39 is 0 Å². The highest BCUT2D eigenvalue weighted by atomic mass is 16.5. The van der Waals surface area contributed by atoms with Gasteiger partial charge in [0.05, 0.1) is 24.6 Å². The number of aryl methyl sites for hydroxylation is 1. The third kappa shape index (κ3) is 3.63. The van der Waals surface area contributed by atoms with E-state index in [1.54, 1.807) is 7.11 Å². The molecule has 1 heterocycles. The Hall–Kier alpha value is -3.33. The van der Waals surface area contributed by atoms with Gasteiger partial charge in [0, 0.05) is 5.56 Å². The van der Waals surface area contributed by atoms with Crippen LogP contribution in [-0.2, 0) is 0 Å². The minimum Gasteiger partial charge on any atom is -0.497 e. The second kappa shape index (κ2) is 7.50. The Kier molecular flexibility index (Phi) is 4.75. The maximum Gasteiger partial charge on any atom is 0.118 e. The molecule has 0 fully saturated rings. The Morgan fingerprint density at radius 2 is 1.56 bits per heavy atom. The quantitative estimate of drug-likeness (QED) is 0.616. The van der Waals surface area contributed by atoms with Crippen LogP contribution < -0.4 is 9.75 Å². The molecule has 3 aromatic carbocycles. The first-order chi connectivity index (χ1) is 13.2. The summed E-state index contributed by atoms with van der Waals surface area (Å²) in [6.07, 6.45) is 4.31. The highest BCUT2D eigenvalue weighted by Crippen LogP contribution is 2.32. The summed E-state index contributed by atoms with van der Waals surface area (Å²) in [6, 6.07) is 27.0. The van der Waals surface area contributed by atoms with E-state index >= 15 is 0 Å². The van der Waals surface area contributed by atoms with E-state index in [1.165, 1.54) is 11.1 Å². The van der Waals surface area contributed by atoms with Crippen molar-refractivity contribution < 1.29 is 4.74 Å². The molecule has 0 aliphatic carbocycles. The molecular formula is C24H22N2O. The van der Waals surface area contributed by atoms with Crippen molar-refractivity contribution in [3.63, 3.8) is 0 Å². The van der Waals surface area contributed by atoms with Crippen LogP contribution in [0, 0.1) is 6.92 Å². The molecule has 4 rings (SSSR count). The first-order valence-electron chi connectivity index (χ1n) is 9.07. The third-order valence-electron chi connectivity index (χ3n) is 4.74. The van der Waals surface area contributed by atoms with E-state index in [1.807, 2.05) is 30.3 Å². The molecule has 1 atom stereocenters. The molecule has 0 radical (unpaired) electrons. The van der Waals surface area contributed by atoms with E-state index in [-0.39, 0.29) is 6.04 Å². The summed E-state index contributed by atoms with van der Waals surface area (Å²) in [5.74, 6) is 0.844. The van der Waals surface area contributed by atoms with Gasteiger partial charge in [-0.2, -0.15) is 5.10 Å². The van der Waals surface area contributed by atoms with Gasteiger partial charge >= 0.3 is 0 Å². The summed E-state index contributed by atoms with van der Waals surface area (Å²) in [5.41, 5.74) is 5.53. The van der Waals surface area contributed by atoms with Crippen LogP contribution in [0.2, 0.25) is 0 Å². The second-order valence-corrected chi connectivity index (χ2v) is 6.61. The summed E-state index contributed by atoms with van der Waals surface area (Å²) >= 11 is 0. The van der Waals surface area contributed by atoms with E-state index in [9.17, 15) is 0 Å². The first-order valence-corrected chi connectivity index (χ1v) is 9.07. The van der Waals surface area contributed by atoms with Gasteiger partial charge in [-0.05, 0) is 55.0 Å². The number of hydrazone groups is 1. The number of hydrogen-bond acceptors (Lipinski definition) is 3. The molecular weight excluding hydrogens is 332 g/mol. The number of allylic oxidation sites excluding steroid dienone is 1. The van der Waals surface area contributed by atoms with Crippen molar-refractivity contribution >= 4 is 11.4 Å². The molecule has 0 saturated heterocycles. The predicted octanol–water partition coefficient (Wildman–Crippen LogP) is 5.53. The molecule has 134 valence electrons. The number of ether oxygens (including phenoxy) is 1. The highest BCUT2D eigenvalue weighted by Gasteiger charge is 2.22. The number of rotatable bonds is 4. The predicted molar refractivity (Wildman–Crippen MR) is 112 cm³/mol. The van der Waals surface area contributed by atoms with Gasteiger partial charge in [-0.3, -0.25) is 5.01 Å². The van der Waals surface area contributed by atoms with Crippen molar-refractivity contribution in [1.82, 2.24) is 0 Å². The van der Waals surface area contributed by atoms with Crippen LogP contribution in [0.5, 0.6) is 5.75 Å². The van der Waals surface area contributed by atoms with Gasteiger partial charge in [-0.25, -0.2) is 0 Å². The van der Waals surface area contributed by atoms with Crippen LogP contribution in [0.25, 0.3) is 0 Å². The monoisotopic (exact) mass is 354 g/mol. The standard InChI is InChI=1S/C24H22N2O/c1-18-8-12-21(13-9-18)26-24(20-6-4-3-5-7-20)17-16-23(25-26)19-10-14-22(27-2)15-11-19/h3-17,24H,1-2H3.